The molecule has 0 saturated heterocycles. The number of Topliss-reactive ketones (excluding diaryl/α,β-unsaturated/α-hetero) is 1. The minimum atomic E-state index is -1.11. The highest BCUT2D eigenvalue weighted by Crippen LogP contribution is 2.13. The Morgan fingerprint density at radius 1 is 1.70 bits per heavy atom. The number of hydrogen-bond acceptors (Lipinski definition) is 2. The summed E-state index contributed by atoms with van der Waals surface area (Å²) in [6.07, 6.45) is 0.875. The second kappa shape index (κ2) is 2.68. The van der Waals surface area contributed by atoms with E-state index in [-0.39, 0.29) is 5.78 Å². The van der Waals surface area contributed by atoms with Crippen LogP contribution in [0, 0.1) is 0 Å². The Balaban J connectivity index is 2.40. The lowest BCUT2D eigenvalue weighted by atomic mass is 10.2. The predicted octanol–water partition coefficient (Wildman–Crippen LogP) is 0.376. The molecule has 0 spiro atoms. The molecule has 1 aliphatic rings. The second-order valence-electron chi connectivity index (χ2n) is 2.36. The van der Waals surface area contributed by atoms with E-state index in [0.717, 1.165) is 6.42 Å². The van der Waals surface area contributed by atoms with Crippen molar-refractivity contribution in [3.8, 4) is 0 Å². The molecular formula is C6H9NO3. The van der Waals surface area contributed by atoms with Gasteiger partial charge in [0, 0.05) is 6.42 Å². The maximum Gasteiger partial charge on any atom is 0.405 e. The van der Waals surface area contributed by atoms with Crippen LogP contribution >= 0.6 is 0 Å². The summed E-state index contributed by atoms with van der Waals surface area (Å²) in [5, 5.41) is 10.4. The third-order valence-corrected chi connectivity index (χ3v) is 1.60. The normalized spacial score (nSPS) is 24.8. The van der Waals surface area contributed by atoms with Gasteiger partial charge in [-0.25, -0.2) is 4.79 Å². The van der Waals surface area contributed by atoms with Crippen LogP contribution in [0.3, 0.4) is 0 Å². The van der Waals surface area contributed by atoms with E-state index in [2.05, 4.69) is 5.32 Å². The minimum absolute atomic E-state index is 0.0161. The first-order chi connectivity index (χ1) is 4.70. The first kappa shape index (κ1) is 7.05. The average Bonchev–Trinajstić information content (AvgIpc) is 2.15. The van der Waals surface area contributed by atoms with Crippen LogP contribution in [0.2, 0.25) is 0 Å². The van der Waals surface area contributed by atoms with Crippen molar-refractivity contribution < 1.29 is 14.7 Å². The largest absolute Gasteiger partial charge is 0.465 e. The van der Waals surface area contributed by atoms with Crippen LogP contribution < -0.4 is 5.32 Å². The number of carbonyl (C=O) groups is 2. The second-order valence-corrected chi connectivity index (χ2v) is 2.36. The van der Waals surface area contributed by atoms with Gasteiger partial charge in [0.15, 0.2) is 5.78 Å². The van der Waals surface area contributed by atoms with Crippen LogP contribution in [-0.2, 0) is 4.79 Å². The van der Waals surface area contributed by atoms with Crippen LogP contribution in [0.5, 0.6) is 0 Å². The maximum absolute atomic E-state index is 10.8. The summed E-state index contributed by atoms with van der Waals surface area (Å²) in [6.45, 7) is 0. The van der Waals surface area contributed by atoms with Gasteiger partial charge < -0.3 is 10.4 Å². The van der Waals surface area contributed by atoms with Gasteiger partial charge >= 0.3 is 6.09 Å². The number of nitrogens with one attached hydrogen (secondary N) is 1. The number of amides is 1. The fourth-order valence-corrected chi connectivity index (χ4v) is 1.12. The van der Waals surface area contributed by atoms with Crippen LogP contribution in [0.15, 0.2) is 0 Å². The molecule has 0 aromatic heterocycles. The van der Waals surface area contributed by atoms with Gasteiger partial charge in [-0.15, -0.1) is 0 Å². The predicted molar refractivity (Wildman–Crippen MR) is 33.8 cm³/mol. The highest BCUT2D eigenvalue weighted by Gasteiger charge is 2.25. The molecular weight excluding hydrogens is 134 g/mol. The molecule has 56 valence electrons. The Kier molecular flexibility index (Phi) is 1.89. The molecule has 1 amide bonds. The molecule has 1 atom stereocenters. The smallest absolute Gasteiger partial charge is 0.405 e. The summed E-state index contributed by atoms with van der Waals surface area (Å²) in [6, 6.07) is -0.433. The summed E-state index contributed by atoms with van der Waals surface area (Å²) in [7, 11) is 0. The lowest BCUT2D eigenvalue weighted by Gasteiger charge is -2.05. The molecule has 1 fully saturated rings. The molecule has 0 unspecified atom stereocenters. The van der Waals surface area contributed by atoms with Gasteiger partial charge in [-0.2, -0.15) is 0 Å². The van der Waals surface area contributed by atoms with Crippen molar-refractivity contribution in [3.63, 3.8) is 0 Å². The van der Waals surface area contributed by atoms with Crippen molar-refractivity contribution in [2.45, 2.75) is 25.3 Å². The Morgan fingerprint density at radius 3 is 2.80 bits per heavy atom. The molecule has 4 nitrogen and oxygen atoms in total. The summed E-state index contributed by atoms with van der Waals surface area (Å²) in [5.41, 5.74) is 0. The molecule has 1 saturated carbocycles. The van der Waals surface area contributed by atoms with Crippen LogP contribution in [0.25, 0.3) is 0 Å². The number of carbonyl (C=O) groups excluding carboxylic acids is 1. The molecule has 1 rings (SSSR count). The zero-order valence-corrected chi connectivity index (χ0v) is 5.46. The topological polar surface area (TPSA) is 66.4 Å². The maximum atomic E-state index is 10.8. The summed E-state index contributed by atoms with van der Waals surface area (Å²) >= 11 is 0. The standard InChI is InChI=1S/C6H9NO3/c8-5-3-1-2-4(5)7-6(9)10/h4,7H,1-3H2,(H,9,10)/t4-/m0/s1. The van der Waals surface area contributed by atoms with Gasteiger partial charge in [0.1, 0.15) is 0 Å². The molecule has 0 radical (unpaired) electrons. The number of hydrogen-bond donors (Lipinski definition) is 2. The zero-order valence-electron chi connectivity index (χ0n) is 5.46. The third-order valence-electron chi connectivity index (χ3n) is 1.60. The average molecular weight is 143 g/mol. The first-order valence-electron chi connectivity index (χ1n) is 3.22. The fourth-order valence-electron chi connectivity index (χ4n) is 1.12. The molecule has 0 aromatic rings. The van der Waals surface area contributed by atoms with Gasteiger partial charge in [-0.05, 0) is 12.8 Å². The van der Waals surface area contributed by atoms with Crippen LogP contribution in [0.1, 0.15) is 19.3 Å². The lowest BCUT2D eigenvalue weighted by molar-refractivity contribution is -0.119. The highest BCUT2D eigenvalue weighted by atomic mass is 16.4. The van der Waals surface area contributed by atoms with Gasteiger partial charge in [-0.3, -0.25) is 4.79 Å². The number of carboxylic acid groups (broad SMARTS) is 1. The summed E-state index contributed by atoms with van der Waals surface area (Å²) in [5.74, 6) is 0.0161. The molecule has 10 heavy (non-hydrogen) atoms. The van der Waals surface area contributed by atoms with E-state index in [4.69, 9.17) is 5.11 Å². The Labute approximate surface area is 58.2 Å². The SMILES string of the molecule is O=C(O)N[C@H]1CCCC1=O. The van der Waals surface area contributed by atoms with Crippen molar-refractivity contribution in [2.75, 3.05) is 0 Å². The van der Waals surface area contributed by atoms with Crippen LogP contribution in [0.4, 0.5) is 4.79 Å². The van der Waals surface area contributed by atoms with E-state index in [0.29, 0.717) is 12.8 Å². The first-order valence-corrected chi connectivity index (χ1v) is 3.22. The fraction of sp³-hybridized carbons (Fsp3) is 0.667. The number of ketones is 1. The minimum Gasteiger partial charge on any atom is -0.465 e. The summed E-state index contributed by atoms with van der Waals surface area (Å²) < 4.78 is 0. The van der Waals surface area contributed by atoms with Crippen molar-refractivity contribution >= 4 is 11.9 Å². The van der Waals surface area contributed by atoms with Crippen molar-refractivity contribution in [1.82, 2.24) is 5.32 Å². The van der Waals surface area contributed by atoms with Crippen molar-refractivity contribution in [3.05, 3.63) is 0 Å². The van der Waals surface area contributed by atoms with E-state index >= 15 is 0 Å². The lowest BCUT2D eigenvalue weighted by Crippen LogP contribution is -2.36. The monoisotopic (exact) mass is 143 g/mol. The quantitative estimate of drug-likeness (QED) is 0.557. The van der Waals surface area contributed by atoms with E-state index in [9.17, 15) is 9.59 Å². The van der Waals surface area contributed by atoms with Crippen molar-refractivity contribution in [1.29, 1.82) is 0 Å². The molecule has 0 bridgehead atoms. The molecule has 0 heterocycles. The van der Waals surface area contributed by atoms with E-state index in [1.807, 2.05) is 0 Å². The van der Waals surface area contributed by atoms with Gasteiger partial charge in [0.05, 0.1) is 6.04 Å². The molecule has 1 aliphatic carbocycles. The van der Waals surface area contributed by atoms with Gasteiger partial charge in [0.25, 0.3) is 0 Å². The van der Waals surface area contributed by atoms with E-state index in [1.54, 1.807) is 0 Å². The zero-order chi connectivity index (χ0) is 7.56. The van der Waals surface area contributed by atoms with Gasteiger partial charge in [0.2, 0.25) is 0 Å². The molecule has 0 aliphatic heterocycles. The number of rotatable bonds is 1. The molecule has 0 aromatic carbocycles. The Morgan fingerprint density at radius 2 is 2.40 bits per heavy atom. The van der Waals surface area contributed by atoms with Gasteiger partial charge in [-0.1, -0.05) is 0 Å². The highest BCUT2D eigenvalue weighted by molar-refractivity contribution is 5.88. The Bertz CT molecular complexity index is 166. The molecule has 4 heteroatoms. The van der Waals surface area contributed by atoms with E-state index < -0.39 is 12.1 Å². The third kappa shape index (κ3) is 1.46. The summed E-state index contributed by atoms with van der Waals surface area (Å²) in [4.78, 5) is 20.8. The van der Waals surface area contributed by atoms with Crippen molar-refractivity contribution in [2.24, 2.45) is 0 Å². The molecule has 2 N–H and O–H groups in total. The Hall–Kier alpha value is -1.06. The van der Waals surface area contributed by atoms with E-state index in [1.165, 1.54) is 0 Å². The van der Waals surface area contributed by atoms with Crippen LogP contribution in [-0.4, -0.2) is 23.0 Å².